The molecule has 1 aliphatic heterocycles. The van der Waals surface area contributed by atoms with E-state index < -0.39 is 0 Å². The number of nitrogens with zero attached hydrogens (tertiary/aromatic N) is 2. The van der Waals surface area contributed by atoms with Crippen molar-refractivity contribution in [3.8, 4) is 0 Å². The van der Waals surface area contributed by atoms with Crippen molar-refractivity contribution in [3.05, 3.63) is 36.1 Å². The van der Waals surface area contributed by atoms with Crippen LogP contribution in [0.4, 0.5) is 9.52 Å². The van der Waals surface area contributed by atoms with Crippen LogP contribution in [0, 0.1) is 11.7 Å². The Bertz CT molecular complexity index is 1000. The van der Waals surface area contributed by atoms with Gasteiger partial charge in [0.25, 0.3) is 0 Å². The highest BCUT2D eigenvalue weighted by molar-refractivity contribution is 7.23. The molecular formula is C18H16FN3O2S. The molecule has 7 heteroatoms. The van der Waals surface area contributed by atoms with E-state index in [-0.39, 0.29) is 23.5 Å². The summed E-state index contributed by atoms with van der Waals surface area (Å²) < 4.78 is 14.3. The van der Waals surface area contributed by atoms with Gasteiger partial charge < -0.3 is 10.2 Å². The van der Waals surface area contributed by atoms with E-state index in [9.17, 15) is 14.0 Å². The fourth-order valence-corrected chi connectivity index (χ4v) is 4.21. The molecule has 2 heterocycles. The van der Waals surface area contributed by atoms with Crippen molar-refractivity contribution in [1.82, 2.24) is 9.88 Å². The van der Waals surface area contributed by atoms with Crippen molar-refractivity contribution in [2.24, 2.45) is 5.92 Å². The number of thiazole rings is 1. The normalized spacial score (nSPS) is 17.4. The highest BCUT2D eigenvalue weighted by atomic mass is 32.1. The molecule has 1 aromatic heterocycles. The molecular weight excluding hydrogens is 341 g/mol. The van der Waals surface area contributed by atoms with Gasteiger partial charge in [-0.2, -0.15) is 0 Å². The molecule has 2 aromatic carbocycles. The largest absolute Gasteiger partial charge is 0.342 e. The minimum atomic E-state index is -0.277. The highest BCUT2D eigenvalue weighted by Crippen LogP contribution is 2.33. The summed E-state index contributed by atoms with van der Waals surface area (Å²) in [6.07, 6.45) is 0.665. The van der Waals surface area contributed by atoms with Gasteiger partial charge in [-0.3, -0.25) is 9.59 Å². The summed E-state index contributed by atoms with van der Waals surface area (Å²) in [6.45, 7) is 2.58. The van der Waals surface area contributed by atoms with Gasteiger partial charge in [-0.25, -0.2) is 9.37 Å². The lowest BCUT2D eigenvalue weighted by Gasteiger charge is -2.13. The summed E-state index contributed by atoms with van der Waals surface area (Å²) in [6, 6.07) is 8.30. The van der Waals surface area contributed by atoms with Crippen molar-refractivity contribution in [1.29, 1.82) is 0 Å². The van der Waals surface area contributed by atoms with E-state index in [2.05, 4.69) is 10.3 Å². The molecule has 25 heavy (non-hydrogen) atoms. The maximum Gasteiger partial charge on any atom is 0.231 e. The molecule has 0 aliphatic carbocycles. The van der Waals surface area contributed by atoms with E-state index in [1.54, 1.807) is 11.0 Å². The van der Waals surface area contributed by atoms with Crippen LogP contribution in [-0.2, 0) is 9.59 Å². The molecule has 1 unspecified atom stereocenters. The average molecular weight is 357 g/mol. The first-order valence-electron chi connectivity index (χ1n) is 8.06. The monoisotopic (exact) mass is 357 g/mol. The number of benzene rings is 2. The minimum Gasteiger partial charge on any atom is -0.342 e. The molecule has 4 rings (SSSR count). The Morgan fingerprint density at radius 2 is 2.16 bits per heavy atom. The van der Waals surface area contributed by atoms with Crippen LogP contribution in [0.2, 0.25) is 0 Å². The van der Waals surface area contributed by atoms with E-state index >= 15 is 0 Å². The van der Waals surface area contributed by atoms with Crippen LogP contribution < -0.4 is 5.32 Å². The van der Waals surface area contributed by atoms with Crippen LogP contribution in [0.25, 0.3) is 21.0 Å². The second-order valence-electron chi connectivity index (χ2n) is 6.24. The van der Waals surface area contributed by atoms with Crippen molar-refractivity contribution >= 4 is 49.3 Å². The first-order chi connectivity index (χ1) is 12.0. The van der Waals surface area contributed by atoms with Crippen LogP contribution in [-0.4, -0.2) is 34.8 Å². The number of halogens is 1. The zero-order valence-corrected chi connectivity index (χ0v) is 14.4. The predicted octanol–water partition coefficient (Wildman–Crippen LogP) is 3.40. The molecule has 1 fully saturated rings. The van der Waals surface area contributed by atoms with Crippen molar-refractivity contribution in [2.75, 3.05) is 18.4 Å². The number of carbonyl (C=O) groups excluding carboxylic acids is 2. The van der Waals surface area contributed by atoms with Gasteiger partial charge in [0.05, 0.1) is 16.1 Å². The van der Waals surface area contributed by atoms with E-state index in [4.69, 9.17) is 0 Å². The molecule has 1 saturated heterocycles. The van der Waals surface area contributed by atoms with Crippen LogP contribution >= 0.6 is 11.3 Å². The van der Waals surface area contributed by atoms with Gasteiger partial charge in [0.2, 0.25) is 11.8 Å². The van der Waals surface area contributed by atoms with Crippen LogP contribution in [0.1, 0.15) is 13.3 Å². The zero-order chi connectivity index (χ0) is 17.6. The number of fused-ring (bicyclic) bond motifs is 3. The molecule has 0 radical (unpaired) electrons. The van der Waals surface area contributed by atoms with Crippen LogP contribution in [0.5, 0.6) is 0 Å². The quantitative estimate of drug-likeness (QED) is 0.765. The third-order valence-electron chi connectivity index (χ3n) is 4.57. The molecule has 1 aliphatic rings. The van der Waals surface area contributed by atoms with Gasteiger partial charge in [0.1, 0.15) is 5.82 Å². The summed E-state index contributed by atoms with van der Waals surface area (Å²) in [5, 5.41) is 5.12. The lowest BCUT2D eigenvalue weighted by atomic mass is 10.1. The SMILES string of the molecule is CC(=O)N1CCC(C(=O)Nc2nc3ccc4cc(F)ccc4c3s2)C1. The lowest BCUT2D eigenvalue weighted by Crippen LogP contribution is -2.29. The summed E-state index contributed by atoms with van der Waals surface area (Å²) in [5.41, 5.74) is 0.774. The minimum absolute atomic E-state index is 0.00557. The second kappa shape index (κ2) is 6.07. The maximum atomic E-state index is 13.4. The van der Waals surface area contributed by atoms with Crippen molar-refractivity contribution < 1.29 is 14.0 Å². The molecule has 0 spiro atoms. The van der Waals surface area contributed by atoms with E-state index in [1.165, 1.54) is 30.4 Å². The van der Waals surface area contributed by atoms with Gasteiger partial charge in [0.15, 0.2) is 5.13 Å². The fraction of sp³-hybridized carbons (Fsp3) is 0.278. The van der Waals surface area contributed by atoms with E-state index in [0.29, 0.717) is 24.6 Å². The van der Waals surface area contributed by atoms with Gasteiger partial charge in [-0.05, 0) is 36.1 Å². The molecule has 1 atom stereocenters. The number of aromatic nitrogens is 1. The number of hydrogen-bond donors (Lipinski definition) is 1. The van der Waals surface area contributed by atoms with Gasteiger partial charge in [0, 0.05) is 25.4 Å². The van der Waals surface area contributed by atoms with Crippen molar-refractivity contribution in [2.45, 2.75) is 13.3 Å². The van der Waals surface area contributed by atoms with E-state index in [0.717, 1.165) is 21.0 Å². The summed E-state index contributed by atoms with van der Waals surface area (Å²) in [5.74, 6) is -0.602. The molecule has 5 nitrogen and oxygen atoms in total. The summed E-state index contributed by atoms with van der Waals surface area (Å²) >= 11 is 1.38. The highest BCUT2D eigenvalue weighted by Gasteiger charge is 2.30. The number of anilines is 1. The molecule has 128 valence electrons. The Balaban J connectivity index is 1.59. The summed E-state index contributed by atoms with van der Waals surface area (Å²) in [7, 11) is 0. The number of nitrogens with one attached hydrogen (secondary N) is 1. The van der Waals surface area contributed by atoms with Gasteiger partial charge in [-0.1, -0.05) is 17.4 Å². The zero-order valence-electron chi connectivity index (χ0n) is 13.6. The van der Waals surface area contributed by atoms with Crippen LogP contribution in [0.15, 0.2) is 30.3 Å². The lowest BCUT2D eigenvalue weighted by molar-refractivity contribution is -0.128. The Hall–Kier alpha value is -2.54. The maximum absolute atomic E-state index is 13.4. The number of likely N-dealkylation sites (tertiary alicyclic amines) is 1. The third-order valence-corrected chi connectivity index (χ3v) is 5.59. The molecule has 0 saturated carbocycles. The first-order valence-corrected chi connectivity index (χ1v) is 8.88. The third kappa shape index (κ3) is 2.95. The van der Waals surface area contributed by atoms with Gasteiger partial charge >= 0.3 is 0 Å². The first kappa shape index (κ1) is 16.0. The Kier molecular flexibility index (Phi) is 3.88. The average Bonchev–Trinajstić information content (AvgIpc) is 3.21. The topological polar surface area (TPSA) is 62.3 Å². The second-order valence-corrected chi connectivity index (χ2v) is 7.24. The smallest absolute Gasteiger partial charge is 0.231 e. The molecule has 2 amide bonds. The van der Waals surface area contributed by atoms with E-state index in [1.807, 2.05) is 12.1 Å². The Morgan fingerprint density at radius 1 is 1.32 bits per heavy atom. The number of amides is 2. The fourth-order valence-electron chi connectivity index (χ4n) is 3.21. The molecule has 0 bridgehead atoms. The number of carbonyl (C=O) groups is 2. The number of rotatable bonds is 2. The Labute approximate surface area is 147 Å². The standard InChI is InChI=1S/C18H16FN3O2S/c1-10(23)22-7-6-12(9-22)17(24)21-18-20-15-5-2-11-8-13(19)3-4-14(11)16(15)25-18/h2-5,8,12H,6-7,9H2,1H3,(H,20,21,24). The van der Waals surface area contributed by atoms with Gasteiger partial charge in [-0.15, -0.1) is 0 Å². The predicted molar refractivity (Wildman–Crippen MR) is 96.1 cm³/mol. The number of hydrogen-bond acceptors (Lipinski definition) is 4. The van der Waals surface area contributed by atoms with Crippen molar-refractivity contribution in [3.63, 3.8) is 0 Å². The summed E-state index contributed by atoms with van der Waals surface area (Å²) in [4.78, 5) is 30.0. The van der Waals surface area contributed by atoms with Crippen LogP contribution in [0.3, 0.4) is 0 Å². The Morgan fingerprint density at radius 3 is 2.92 bits per heavy atom. The molecule has 3 aromatic rings. The molecule has 1 N–H and O–H groups in total.